The van der Waals surface area contributed by atoms with Crippen molar-refractivity contribution in [2.45, 2.75) is 0 Å². The molecule has 9 nitrogen and oxygen atoms in total. The smallest absolute Gasteiger partial charge is 0.354 e. The van der Waals surface area contributed by atoms with Crippen LogP contribution in [0.25, 0.3) is 0 Å². The van der Waals surface area contributed by atoms with Crippen LogP contribution in [-0.2, 0) is 19.1 Å². The van der Waals surface area contributed by atoms with Crippen molar-refractivity contribution >= 4 is 29.0 Å². The van der Waals surface area contributed by atoms with E-state index in [0.717, 1.165) is 20.3 Å². The monoisotopic (exact) mass is 309 g/mol. The molecule has 2 N–H and O–H groups in total. The summed E-state index contributed by atoms with van der Waals surface area (Å²) in [4.78, 5) is 33.2. The van der Waals surface area contributed by atoms with E-state index < -0.39 is 16.9 Å². The average Bonchev–Trinajstić information content (AvgIpc) is 2.52. The summed E-state index contributed by atoms with van der Waals surface area (Å²) >= 11 is 0. The number of nitro benzene ring substituents is 1. The Bertz CT molecular complexity index is 626. The van der Waals surface area contributed by atoms with Crippen LogP contribution in [-0.4, -0.2) is 38.1 Å². The summed E-state index contributed by atoms with van der Waals surface area (Å²) in [6.07, 6.45) is 0.893. The number of carbonyl (C=O) groups is 2. The van der Waals surface area contributed by atoms with Crippen LogP contribution in [0.2, 0.25) is 0 Å². The number of non-ortho nitro benzene ring substituents is 1. The molecular formula is C13H15N3O6. The van der Waals surface area contributed by atoms with Gasteiger partial charge in [-0.3, -0.25) is 10.1 Å². The molecule has 9 heteroatoms. The standard InChI is InChI=1S/C13H15N3O6/c1-14-9-5-4-8(16(19)20)6-10(9)15-11(13(18)22-3)7-12(17)21-2/h4-7,14-15H,1-3H3/b11-7+. The van der Waals surface area contributed by atoms with Gasteiger partial charge in [-0.05, 0) is 6.07 Å². The van der Waals surface area contributed by atoms with E-state index in [0.29, 0.717) is 5.69 Å². The van der Waals surface area contributed by atoms with Crippen molar-refractivity contribution < 1.29 is 24.0 Å². The van der Waals surface area contributed by atoms with E-state index in [2.05, 4.69) is 20.1 Å². The van der Waals surface area contributed by atoms with Gasteiger partial charge in [0.1, 0.15) is 5.70 Å². The summed E-state index contributed by atoms with van der Waals surface area (Å²) in [5, 5.41) is 16.3. The predicted molar refractivity (Wildman–Crippen MR) is 78.4 cm³/mol. The number of rotatable bonds is 6. The van der Waals surface area contributed by atoms with Crippen LogP contribution in [0.1, 0.15) is 0 Å². The Kier molecular flexibility index (Phi) is 5.87. The van der Waals surface area contributed by atoms with E-state index in [1.54, 1.807) is 7.05 Å². The molecule has 0 unspecified atom stereocenters. The molecule has 0 spiro atoms. The minimum Gasteiger partial charge on any atom is -0.466 e. The third kappa shape index (κ3) is 4.20. The molecule has 1 rings (SSSR count). The largest absolute Gasteiger partial charge is 0.466 e. The first-order valence-electron chi connectivity index (χ1n) is 6.04. The highest BCUT2D eigenvalue weighted by atomic mass is 16.6. The van der Waals surface area contributed by atoms with Crippen molar-refractivity contribution in [3.8, 4) is 0 Å². The minimum absolute atomic E-state index is 0.177. The Labute approximate surface area is 126 Å². The molecule has 0 saturated carbocycles. The highest BCUT2D eigenvalue weighted by Crippen LogP contribution is 2.28. The van der Waals surface area contributed by atoms with E-state index in [1.165, 1.54) is 18.2 Å². The van der Waals surface area contributed by atoms with E-state index in [-0.39, 0.29) is 17.1 Å². The van der Waals surface area contributed by atoms with Crippen LogP contribution in [0.15, 0.2) is 30.0 Å². The third-order valence-corrected chi connectivity index (χ3v) is 2.62. The normalized spacial score (nSPS) is 10.6. The maximum atomic E-state index is 11.7. The lowest BCUT2D eigenvalue weighted by Gasteiger charge is -2.13. The number of benzene rings is 1. The predicted octanol–water partition coefficient (Wildman–Crippen LogP) is 1.28. The van der Waals surface area contributed by atoms with Crippen LogP contribution < -0.4 is 10.6 Å². The fourth-order valence-electron chi connectivity index (χ4n) is 1.55. The summed E-state index contributed by atoms with van der Waals surface area (Å²) in [5.74, 6) is -1.59. The second kappa shape index (κ2) is 7.62. The molecule has 1 aromatic carbocycles. The Morgan fingerprint density at radius 3 is 2.41 bits per heavy atom. The van der Waals surface area contributed by atoms with Crippen LogP contribution >= 0.6 is 0 Å². The molecule has 0 aliphatic heterocycles. The van der Waals surface area contributed by atoms with Gasteiger partial charge in [-0.2, -0.15) is 0 Å². The summed E-state index contributed by atoms with van der Waals surface area (Å²) in [6, 6.07) is 3.99. The van der Waals surface area contributed by atoms with Crippen molar-refractivity contribution in [1.29, 1.82) is 0 Å². The summed E-state index contributed by atoms with van der Waals surface area (Å²) in [5.41, 5.74) is 0.331. The molecule has 0 aliphatic carbocycles. The van der Waals surface area contributed by atoms with Crippen molar-refractivity contribution in [3.05, 3.63) is 40.1 Å². The third-order valence-electron chi connectivity index (χ3n) is 2.62. The van der Waals surface area contributed by atoms with Gasteiger partial charge in [-0.15, -0.1) is 0 Å². The van der Waals surface area contributed by atoms with Gasteiger partial charge in [0.05, 0.1) is 36.6 Å². The number of hydrogen-bond acceptors (Lipinski definition) is 8. The van der Waals surface area contributed by atoms with Gasteiger partial charge in [0.15, 0.2) is 0 Å². The van der Waals surface area contributed by atoms with Crippen LogP contribution in [0.5, 0.6) is 0 Å². The minimum atomic E-state index is -0.820. The molecule has 0 aliphatic rings. The molecule has 0 amide bonds. The Morgan fingerprint density at radius 2 is 1.91 bits per heavy atom. The van der Waals surface area contributed by atoms with Crippen molar-refractivity contribution in [2.24, 2.45) is 0 Å². The van der Waals surface area contributed by atoms with E-state index in [1.807, 2.05) is 0 Å². The molecule has 0 saturated heterocycles. The molecular weight excluding hydrogens is 294 g/mol. The number of hydrogen-bond donors (Lipinski definition) is 2. The van der Waals surface area contributed by atoms with Crippen LogP contribution in [0.3, 0.4) is 0 Å². The van der Waals surface area contributed by atoms with E-state index in [9.17, 15) is 19.7 Å². The summed E-state index contributed by atoms with van der Waals surface area (Å²) in [7, 11) is 3.90. The first-order valence-corrected chi connectivity index (χ1v) is 6.04. The van der Waals surface area contributed by atoms with Gasteiger partial charge in [0, 0.05) is 19.2 Å². The fraction of sp³-hybridized carbons (Fsp3) is 0.231. The number of esters is 2. The molecule has 22 heavy (non-hydrogen) atoms. The Balaban J connectivity index is 3.24. The fourth-order valence-corrected chi connectivity index (χ4v) is 1.55. The molecule has 0 aromatic heterocycles. The maximum Gasteiger partial charge on any atom is 0.354 e. The first-order chi connectivity index (χ1) is 10.4. The van der Waals surface area contributed by atoms with Crippen molar-refractivity contribution in [1.82, 2.24) is 0 Å². The van der Waals surface area contributed by atoms with Crippen molar-refractivity contribution in [2.75, 3.05) is 31.9 Å². The zero-order valence-electron chi connectivity index (χ0n) is 12.2. The quantitative estimate of drug-likeness (QED) is 0.349. The first kappa shape index (κ1) is 17.0. The van der Waals surface area contributed by atoms with Gasteiger partial charge >= 0.3 is 11.9 Å². The SMILES string of the molecule is CNc1ccc([N+](=O)[O-])cc1N/C(=C/C(=O)OC)C(=O)OC. The average molecular weight is 309 g/mol. The Morgan fingerprint density at radius 1 is 1.23 bits per heavy atom. The van der Waals surface area contributed by atoms with Crippen LogP contribution in [0.4, 0.5) is 17.1 Å². The number of nitro groups is 1. The van der Waals surface area contributed by atoms with Gasteiger partial charge in [0.25, 0.3) is 5.69 Å². The van der Waals surface area contributed by atoms with E-state index >= 15 is 0 Å². The van der Waals surface area contributed by atoms with Gasteiger partial charge < -0.3 is 20.1 Å². The summed E-state index contributed by atoms with van der Waals surface area (Å²) in [6.45, 7) is 0. The molecule has 1 aromatic rings. The molecule has 0 bridgehead atoms. The van der Waals surface area contributed by atoms with Gasteiger partial charge in [-0.1, -0.05) is 0 Å². The zero-order valence-corrected chi connectivity index (χ0v) is 12.2. The summed E-state index contributed by atoms with van der Waals surface area (Å²) < 4.78 is 8.99. The van der Waals surface area contributed by atoms with Crippen LogP contribution in [0, 0.1) is 10.1 Å². The highest BCUT2D eigenvalue weighted by molar-refractivity contribution is 5.99. The molecule has 118 valence electrons. The number of methoxy groups -OCH3 is 2. The maximum absolute atomic E-state index is 11.7. The lowest BCUT2D eigenvalue weighted by Crippen LogP contribution is -2.16. The number of nitrogens with one attached hydrogen (secondary N) is 2. The van der Waals surface area contributed by atoms with E-state index in [4.69, 9.17) is 0 Å². The molecule has 0 fully saturated rings. The Hall–Kier alpha value is -3.10. The van der Waals surface area contributed by atoms with Gasteiger partial charge in [-0.25, -0.2) is 9.59 Å². The topological polar surface area (TPSA) is 120 Å². The number of nitrogens with zero attached hydrogens (tertiary/aromatic N) is 1. The zero-order chi connectivity index (χ0) is 16.7. The number of ether oxygens (including phenoxy) is 2. The number of carbonyl (C=O) groups excluding carboxylic acids is 2. The molecule has 0 atom stereocenters. The second-order valence-electron chi connectivity index (χ2n) is 3.93. The lowest BCUT2D eigenvalue weighted by atomic mass is 10.2. The van der Waals surface area contributed by atoms with Crippen molar-refractivity contribution in [3.63, 3.8) is 0 Å². The molecule has 0 heterocycles. The number of anilines is 2. The molecule has 0 radical (unpaired) electrons. The second-order valence-corrected chi connectivity index (χ2v) is 3.93. The van der Waals surface area contributed by atoms with Gasteiger partial charge in [0.2, 0.25) is 0 Å². The highest BCUT2D eigenvalue weighted by Gasteiger charge is 2.16. The lowest BCUT2D eigenvalue weighted by molar-refractivity contribution is -0.384.